The van der Waals surface area contributed by atoms with Gasteiger partial charge in [-0.15, -0.1) is 0 Å². The van der Waals surface area contributed by atoms with Gasteiger partial charge in [-0.1, -0.05) is 0 Å². The average Bonchev–Trinajstić information content (AvgIpc) is 2.16. The standard InChI is InChI=1S/C9H11BrF2N2O/c1-6-2-7(10)8(13-3-6)14-4-9(11,12)5-15/h2-3,15H,4-5H2,1H3,(H,13,14). The maximum absolute atomic E-state index is 12.7. The molecule has 6 heteroatoms. The van der Waals surface area contributed by atoms with E-state index < -0.39 is 19.1 Å². The van der Waals surface area contributed by atoms with Crippen LogP contribution in [0.1, 0.15) is 5.56 Å². The Hall–Kier alpha value is -0.750. The molecule has 0 radical (unpaired) electrons. The van der Waals surface area contributed by atoms with E-state index in [4.69, 9.17) is 5.11 Å². The van der Waals surface area contributed by atoms with E-state index in [1.165, 1.54) is 0 Å². The summed E-state index contributed by atoms with van der Waals surface area (Å²) >= 11 is 3.20. The molecule has 0 amide bonds. The summed E-state index contributed by atoms with van der Waals surface area (Å²) in [6.45, 7) is 0.0332. The van der Waals surface area contributed by atoms with Gasteiger partial charge in [0, 0.05) is 6.20 Å². The van der Waals surface area contributed by atoms with Crippen LogP contribution >= 0.6 is 15.9 Å². The van der Waals surface area contributed by atoms with Crippen molar-refractivity contribution in [2.24, 2.45) is 0 Å². The van der Waals surface area contributed by atoms with Crippen molar-refractivity contribution in [2.45, 2.75) is 12.8 Å². The third-order valence-electron chi connectivity index (χ3n) is 1.72. The highest BCUT2D eigenvalue weighted by molar-refractivity contribution is 9.10. The van der Waals surface area contributed by atoms with E-state index >= 15 is 0 Å². The molecule has 0 aliphatic heterocycles. The normalized spacial score (nSPS) is 11.5. The fourth-order valence-corrected chi connectivity index (χ4v) is 1.54. The number of rotatable bonds is 4. The van der Waals surface area contributed by atoms with E-state index in [2.05, 4.69) is 26.2 Å². The molecule has 15 heavy (non-hydrogen) atoms. The van der Waals surface area contributed by atoms with E-state index in [9.17, 15) is 8.78 Å². The minimum absolute atomic E-state index is 0.341. The smallest absolute Gasteiger partial charge is 0.287 e. The molecule has 0 aliphatic carbocycles. The highest BCUT2D eigenvalue weighted by Crippen LogP contribution is 2.22. The maximum atomic E-state index is 12.7. The molecule has 0 fully saturated rings. The van der Waals surface area contributed by atoms with Crippen LogP contribution in [-0.2, 0) is 0 Å². The van der Waals surface area contributed by atoms with Crippen LogP contribution < -0.4 is 5.32 Å². The van der Waals surface area contributed by atoms with Gasteiger partial charge in [0.15, 0.2) is 0 Å². The Labute approximate surface area is 94.7 Å². The third-order valence-corrected chi connectivity index (χ3v) is 2.33. The summed E-state index contributed by atoms with van der Waals surface area (Å²) in [7, 11) is 0. The Kier molecular flexibility index (Phi) is 3.98. The Morgan fingerprint density at radius 2 is 2.27 bits per heavy atom. The Morgan fingerprint density at radius 3 is 2.80 bits per heavy atom. The molecule has 1 rings (SSSR count). The second kappa shape index (κ2) is 4.85. The monoisotopic (exact) mass is 280 g/mol. The first kappa shape index (κ1) is 12.3. The van der Waals surface area contributed by atoms with Crippen LogP contribution in [0.2, 0.25) is 0 Å². The lowest BCUT2D eigenvalue weighted by Gasteiger charge is -2.15. The van der Waals surface area contributed by atoms with Crippen molar-refractivity contribution in [3.63, 3.8) is 0 Å². The topological polar surface area (TPSA) is 45.2 Å². The van der Waals surface area contributed by atoms with Crippen molar-refractivity contribution in [2.75, 3.05) is 18.5 Å². The zero-order chi connectivity index (χ0) is 11.5. The van der Waals surface area contributed by atoms with Crippen LogP contribution in [-0.4, -0.2) is 29.2 Å². The average molecular weight is 281 g/mol. The number of aryl methyl sites for hydroxylation is 1. The largest absolute Gasteiger partial charge is 0.390 e. The molecule has 1 aromatic rings. The van der Waals surface area contributed by atoms with Crippen LogP contribution in [0.3, 0.4) is 0 Å². The van der Waals surface area contributed by atoms with Gasteiger partial charge in [-0.3, -0.25) is 0 Å². The molecular formula is C9H11BrF2N2O. The lowest BCUT2D eigenvalue weighted by Crippen LogP contribution is -2.31. The summed E-state index contributed by atoms with van der Waals surface area (Å²) in [5.74, 6) is -2.79. The van der Waals surface area contributed by atoms with Crippen molar-refractivity contribution < 1.29 is 13.9 Å². The molecule has 2 N–H and O–H groups in total. The molecule has 84 valence electrons. The minimum Gasteiger partial charge on any atom is -0.390 e. The first-order valence-electron chi connectivity index (χ1n) is 4.29. The number of hydrogen-bond donors (Lipinski definition) is 2. The number of aliphatic hydroxyl groups excluding tert-OH is 1. The molecular weight excluding hydrogens is 270 g/mol. The molecule has 0 spiro atoms. The van der Waals surface area contributed by atoms with Crippen molar-refractivity contribution >= 4 is 21.7 Å². The fraction of sp³-hybridized carbons (Fsp3) is 0.444. The van der Waals surface area contributed by atoms with E-state index in [1.807, 2.05) is 6.92 Å². The van der Waals surface area contributed by atoms with E-state index in [1.54, 1.807) is 12.3 Å². The predicted molar refractivity (Wildman–Crippen MR) is 57.2 cm³/mol. The molecule has 0 atom stereocenters. The maximum Gasteiger partial charge on any atom is 0.287 e. The summed E-state index contributed by atoms with van der Waals surface area (Å²) in [4.78, 5) is 3.94. The molecule has 1 heterocycles. The predicted octanol–water partition coefficient (Wildman–Crippen LogP) is 2.19. The van der Waals surface area contributed by atoms with Gasteiger partial charge in [-0.2, -0.15) is 0 Å². The zero-order valence-corrected chi connectivity index (χ0v) is 9.68. The summed E-state index contributed by atoms with van der Waals surface area (Å²) in [5, 5.41) is 10.8. The van der Waals surface area contributed by atoms with Gasteiger partial charge < -0.3 is 10.4 Å². The van der Waals surface area contributed by atoms with E-state index in [-0.39, 0.29) is 0 Å². The molecule has 0 saturated carbocycles. The van der Waals surface area contributed by atoms with Crippen LogP contribution in [0.15, 0.2) is 16.7 Å². The minimum atomic E-state index is -3.13. The lowest BCUT2D eigenvalue weighted by molar-refractivity contribution is -0.0373. The summed E-state index contributed by atoms with van der Waals surface area (Å²) in [6.07, 6.45) is 1.57. The molecule has 0 saturated heterocycles. The molecule has 0 unspecified atom stereocenters. The van der Waals surface area contributed by atoms with Crippen molar-refractivity contribution in [1.29, 1.82) is 0 Å². The Morgan fingerprint density at radius 1 is 1.60 bits per heavy atom. The number of nitrogens with zero attached hydrogens (tertiary/aromatic N) is 1. The first-order valence-corrected chi connectivity index (χ1v) is 5.08. The Balaban J connectivity index is 2.66. The number of aliphatic hydroxyl groups is 1. The fourth-order valence-electron chi connectivity index (χ4n) is 0.933. The summed E-state index contributed by atoms with van der Waals surface area (Å²) in [5.41, 5.74) is 0.932. The van der Waals surface area contributed by atoms with E-state index in [0.717, 1.165) is 5.56 Å². The second-order valence-electron chi connectivity index (χ2n) is 3.21. The first-order chi connectivity index (χ1) is 6.94. The van der Waals surface area contributed by atoms with Crippen LogP contribution in [0.25, 0.3) is 0 Å². The van der Waals surface area contributed by atoms with Crippen molar-refractivity contribution in [3.05, 3.63) is 22.3 Å². The van der Waals surface area contributed by atoms with Gasteiger partial charge in [0.25, 0.3) is 5.92 Å². The number of pyridine rings is 1. The third kappa shape index (κ3) is 3.71. The van der Waals surface area contributed by atoms with Crippen LogP contribution in [0, 0.1) is 6.92 Å². The van der Waals surface area contributed by atoms with Crippen molar-refractivity contribution in [3.8, 4) is 0 Å². The van der Waals surface area contributed by atoms with E-state index in [0.29, 0.717) is 10.3 Å². The molecule has 0 aromatic carbocycles. The molecule has 0 aliphatic rings. The molecule has 3 nitrogen and oxygen atoms in total. The summed E-state index contributed by atoms with van der Waals surface area (Å²) < 4.78 is 26.0. The lowest BCUT2D eigenvalue weighted by atomic mass is 10.3. The van der Waals surface area contributed by atoms with Gasteiger partial charge in [-0.25, -0.2) is 13.8 Å². The van der Waals surface area contributed by atoms with Gasteiger partial charge in [0.05, 0.1) is 11.0 Å². The van der Waals surface area contributed by atoms with Gasteiger partial charge in [-0.05, 0) is 34.5 Å². The number of hydrogen-bond acceptors (Lipinski definition) is 3. The zero-order valence-electron chi connectivity index (χ0n) is 8.10. The van der Waals surface area contributed by atoms with Gasteiger partial charge in [0.1, 0.15) is 12.4 Å². The number of nitrogens with one attached hydrogen (secondary N) is 1. The van der Waals surface area contributed by atoms with Crippen LogP contribution in [0.5, 0.6) is 0 Å². The van der Waals surface area contributed by atoms with Gasteiger partial charge in [0.2, 0.25) is 0 Å². The quantitative estimate of drug-likeness (QED) is 0.889. The molecule has 0 bridgehead atoms. The van der Waals surface area contributed by atoms with Crippen LogP contribution in [0.4, 0.5) is 14.6 Å². The SMILES string of the molecule is Cc1cnc(NCC(F)(F)CO)c(Br)c1. The Bertz CT molecular complexity index is 347. The molecule has 1 aromatic heterocycles. The van der Waals surface area contributed by atoms with Crippen molar-refractivity contribution in [1.82, 2.24) is 4.98 Å². The summed E-state index contributed by atoms with van der Waals surface area (Å²) in [6, 6.07) is 1.77. The number of aromatic nitrogens is 1. The second-order valence-corrected chi connectivity index (χ2v) is 4.07. The number of alkyl halides is 2. The highest BCUT2D eigenvalue weighted by atomic mass is 79.9. The number of anilines is 1. The highest BCUT2D eigenvalue weighted by Gasteiger charge is 2.27. The number of halogens is 3. The van der Waals surface area contributed by atoms with Gasteiger partial charge >= 0.3 is 0 Å².